The van der Waals surface area contributed by atoms with E-state index in [0.29, 0.717) is 11.3 Å². The largest absolute Gasteiger partial charge is 0.480 e. The van der Waals surface area contributed by atoms with Crippen molar-refractivity contribution in [2.45, 2.75) is 23.0 Å². The molecule has 0 aliphatic heterocycles. The van der Waals surface area contributed by atoms with Gasteiger partial charge in [0.25, 0.3) is 0 Å². The normalized spacial score (nSPS) is 28.8. The number of benzene rings is 1. The van der Waals surface area contributed by atoms with E-state index in [9.17, 15) is 9.18 Å². The van der Waals surface area contributed by atoms with Crippen LogP contribution in [0, 0.1) is 11.7 Å². The Hall–Kier alpha value is -1.03. The average Bonchev–Trinajstić information content (AvgIpc) is 2.82. The van der Waals surface area contributed by atoms with Gasteiger partial charge in [-0.3, -0.25) is 4.79 Å². The molecule has 1 saturated carbocycles. The van der Waals surface area contributed by atoms with Crippen LogP contribution in [-0.2, 0) is 4.79 Å². The van der Waals surface area contributed by atoms with Crippen molar-refractivity contribution in [3.05, 3.63) is 30.1 Å². The molecule has 1 fully saturated rings. The second-order valence-corrected chi connectivity index (χ2v) is 5.20. The van der Waals surface area contributed by atoms with Crippen molar-refractivity contribution in [3.63, 3.8) is 0 Å². The van der Waals surface area contributed by atoms with E-state index >= 15 is 0 Å². The average molecular weight is 226 g/mol. The van der Waals surface area contributed by atoms with Crippen LogP contribution >= 0.6 is 11.8 Å². The Morgan fingerprint density at radius 2 is 2.20 bits per heavy atom. The number of carbonyl (C=O) groups is 1. The van der Waals surface area contributed by atoms with Crippen LogP contribution < -0.4 is 0 Å². The molecule has 2 rings (SSSR count). The fourth-order valence-electron chi connectivity index (χ4n) is 1.60. The molecule has 2 nitrogen and oxygen atoms in total. The number of aliphatic carboxylic acids is 1. The molecule has 0 bridgehead atoms. The highest BCUT2D eigenvalue weighted by molar-refractivity contribution is 8.01. The van der Waals surface area contributed by atoms with E-state index < -0.39 is 10.7 Å². The lowest BCUT2D eigenvalue weighted by Crippen LogP contribution is -2.20. The molecule has 4 heteroatoms. The summed E-state index contributed by atoms with van der Waals surface area (Å²) in [5.74, 6) is -1.08. The van der Waals surface area contributed by atoms with Crippen molar-refractivity contribution in [1.29, 1.82) is 0 Å². The third kappa shape index (κ3) is 1.74. The second kappa shape index (κ2) is 3.52. The van der Waals surface area contributed by atoms with Gasteiger partial charge < -0.3 is 5.11 Å². The van der Waals surface area contributed by atoms with E-state index in [0.717, 1.165) is 11.8 Å². The number of hydrogen-bond donors (Lipinski definition) is 1. The van der Waals surface area contributed by atoms with Crippen LogP contribution in [0.15, 0.2) is 29.2 Å². The van der Waals surface area contributed by atoms with Gasteiger partial charge in [-0.15, -0.1) is 11.8 Å². The predicted molar refractivity (Wildman–Crippen MR) is 56.4 cm³/mol. The van der Waals surface area contributed by atoms with Crippen LogP contribution in [0.3, 0.4) is 0 Å². The van der Waals surface area contributed by atoms with Crippen LogP contribution in [0.4, 0.5) is 4.39 Å². The highest BCUT2D eigenvalue weighted by Crippen LogP contribution is 2.57. The van der Waals surface area contributed by atoms with Crippen molar-refractivity contribution < 1.29 is 14.3 Å². The number of halogens is 1. The minimum absolute atomic E-state index is 0.111. The number of carboxylic acid groups (broad SMARTS) is 1. The van der Waals surface area contributed by atoms with Crippen molar-refractivity contribution in [2.75, 3.05) is 0 Å². The molecule has 0 saturated heterocycles. The van der Waals surface area contributed by atoms with Gasteiger partial charge in [0.1, 0.15) is 10.6 Å². The fourth-order valence-corrected chi connectivity index (χ4v) is 2.93. The lowest BCUT2D eigenvalue weighted by atomic mass is 10.3. The van der Waals surface area contributed by atoms with Gasteiger partial charge in [0.2, 0.25) is 0 Å². The van der Waals surface area contributed by atoms with Gasteiger partial charge in [-0.25, -0.2) is 4.39 Å². The zero-order valence-electron chi connectivity index (χ0n) is 8.24. The molecule has 1 N–H and O–H groups in total. The third-order valence-electron chi connectivity index (χ3n) is 2.74. The first-order valence-electron chi connectivity index (χ1n) is 4.73. The Labute approximate surface area is 91.5 Å². The van der Waals surface area contributed by atoms with E-state index in [1.165, 1.54) is 6.07 Å². The van der Waals surface area contributed by atoms with Crippen LogP contribution in [0.5, 0.6) is 0 Å². The molecule has 0 radical (unpaired) electrons. The molecule has 0 aromatic heterocycles. The lowest BCUT2D eigenvalue weighted by Gasteiger charge is -2.11. The van der Waals surface area contributed by atoms with Gasteiger partial charge in [-0.05, 0) is 24.5 Å². The molecule has 1 aromatic rings. The quantitative estimate of drug-likeness (QED) is 0.861. The number of hydrogen-bond acceptors (Lipinski definition) is 2. The molecule has 80 valence electrons. The number of thioether (sulfide) groups is 1. The molecular weight excluding hydrogens is 215 g/mol. The zero-order valence-corrected chi connectivity index (χ0v) is 9.05. The van der Waals surface area contributed by atoms with Crippen molar-refractivity contribution in [2.24, 2.45) is 5.92 Å². The van der Waals surface area contributed by atoms with Crippen LogP contribution in [0.1, 0.15) is 13.3 Å². The predicted octanol–water partition coefficient (Wildman–Crippen LogP) is 2.78. The number of rotatable bonds is 3. The van der Waals surface area contributed by atoms with Crippen LogP contribution in [0.2, 0.25) is 0 Å². The summed E-state index contributed by atoms with van der Waals surface area (Å²) < 4.78 is 12.5. The van der Waals surface area contributed by atoms with E-state index in [-0.39, 0.29) is 11.7 Å². The fraction of sp³-hybridized carbons (Fsp3) is 0.364. The maximum absolute atomic E-state index is 13.3. The smallest absolute Gasteiger partial charge is 0.320 e. The summed E-state index contributed by atoms with van der Waals surface area (Å²) >= 11 is 1.13. The van der Waals surface area contributed by atoms with Crippen LogP contribution in [0.25, 0.3) is 0 Å². The maximum atomic E-state index is 13.3. The highest BCUT2D eigenvalue weighted by Gasteiger charge is 2.59. The summed E-state index contributed by atoms with van der Waals surface area (Å²) in [6, 6.07) is 6.29. The van der Waals surface area contributed by atoms with Crippen LogP contribution in [-0.4, -0.2) is 15.8 Å². The Kier molecular flexibility index (Phi) is 2.46. The topological polar surface area (TPSA) is 37.3 Å². The van der Waals surface area contributed by atoms with Gasteiger partial charge in [0.15, 0.2) is 0 Å². The molecule has 15 heavy (non-hydrogen) atoms. The number of carboxylic acids is 1. The molecule has 0 heterocycles. The van der Waals surface area contributed by atoms with E-state index in [1.54, 1.807) is 18.2 Å². The molecule has 2 unspecified atom stereocenters. The SMILES string of the molecule is CC1CC1(Sc1ccccc1F)C(=O)O. The summed E-state index contributed by atoms with van der Waals surface area (Å²) in [5.41, 5.74) is 0. The first kappa shape index (κ1) is 10.5. The summed E-state index contributed by atoms with van der Waals surface area (Å²) in [7, 11) is 0. The summed E-state index contributed by atoms with van der Waals surface area (Å²) in [4.78, 5) is 11.5. The maximum Gasteiger partial charge on any atom is 0.320 e. The monoisotopic (exact) mass is 226 g/mol. The molecule has 1 aliphatic carbocycles. The molecule has 2 atom stereocenters. The van der Waals surface area contributed by atoms with Gasteiger partial charge in [0, 0.05) is 4.90 Å². The molecule has 1 aliphatic rings. The Balaban J connectivity index is 2.23. The lowest BCUT2D eigenvalue weighted by molar-refractivity contribution is -0.137. The Morgan fingerprint density at radius 1 is 1.60 bits per heavy atom. The molecule has 0 spiro atoms. The zero-order chi connectivity index (χ0) is 11.1. The van der Waals surface area contributed by atoms with Gasteiger partial charge in [0.05, 0.1) is 0 Å². The third-order valence-corrected chi connectivity index (χ3v) is 4.40. The Bertz CT molecular complexity index is 407. The first-order chi connectivity index (χ1) is 7.06. The minimum atomic E-state index is -0.844. The van der Waals surface area contributed by atoms with E-state index in [1.807, 2.05) is 6.92 Å². The van der Waals surface area contributed by atoms with E-state index in [2.05, 4.69) is 0 Å². The van der Waals surface area contributed by atoms with Crippen molar-refractivity contribution in [3.8, 4) is 0 Å². The van der Waals surface area contributed by atoms with Gasteiger partial charge in [-0.2, -0.15) is 0 Å². The minimum Gasteiger partial charge on any atom is -0.480 e. The molecular formula is C11H11FO2S. The first-order valence-corrected chi connectivity index (χ1v) is 5.55. The van der Waals surface area contributed by atoms with Crippen molar-refractivity contribution in [1.82, 2.24) is 0 Å². The summed E-state index contributed by atoms with van der Waals surface area (Å²) in [6.45, 7) is 1.88. The van der Waals surface area contributed by atoms with E-state index in [4.69, 9.17) is 5.11 Å². The second-order valence-electron chi connectivity index (χ2n) is 3.83. The summed E-state index contributed by atoms with van der Waals surface area (Å²) in [6.07, 6.45) is 0.612. The molecule has 1 aromatic carbocycles. The van der Waals surface area contributed by atoms with Crippen molar-refractivity contribution >= 4 is 17.7 Å². The Morgan fingerprint density at radius 3 is 2.67 bits per heavy atom. The molecule has 0 amide bonds. The van der Waals surface area contributed by atoms with Gasteiger partial charge >= 0.3 is 5.97 Å². The highest BCUT2D eigenvalue weighted by atomic mass is 32.2. The standard InChI is InChI=1S/C11H11FO2S/c1-7-6-11(7,10(13)14)15-9-5-3-2-4-8(9)12/h2-5,7H,6H2,1H3,(H,13,14). The summed E-state index contributed by atoms with van der Waals surface area (Å²) in [5, 5.41) is 9.08. The van der Waals surface area contributed by atoms with Gasteiger partial charge in [-0.1, -0.05) is 19.1 Å².